The maximum atomic E-state index is 12.7. The number of halogens is 1. The van der Waals surface area contributed by atoms with E-state index in [0.29, 0.717) is 34.3 Å². The van der Waals surface area contributed by atoms with E-state index in [0.717, 1.165) is 13.0 Å². The summed E-state index contributed by atoms with van der Waals surface area (Å²) in [4.78, 5) is 29.4. The molecule has 2 unspecified atom stereocenters. The predicted molar refractivity (Wildman–Crippen MR) is 105 cm³/mol. The molecule has 1 aromatic heterocycles. The van der Waals surface area contributed by atoms with Crippen LogP contribution in [0.25, 0.3) is 10.9 Å². The molecule has 2 atom stereocenters. The van der Waals surface area contributed by atoms with Gasteiger partial charge < -0.3 is 10.4 Å². The van der Waals surface area contributed by atoms with Crippen LogP contribution in [0.15, 0.2) is 23.3 Å². The van der Waals surface area contributed by atoms with Crippen LogP contribution >= 0.6 is 11.6 Å². The van der Waals surface area contributed by atoms with E-state index < -0.39 is 6.10 Å². The van der Waals surface area contributed by atoms with E-state index in [4.69, 9.17) is 11.6 Å². The minimum Gasteiger partial charge on any atom is -0.391 e. The predicted octanol–water partition coefficient (Wildman–Crippen LogP) is 1.88. The van der Waals surface area contributed by atoms with Crippen LogP contribution in [0.3, 0.4) is 0 Å². The molecule has 3 rings (SSSR count). The van der Waals surface area contributed by atoms with Crippen molar-refractivity contribution in [3.63, 3.8) is 0 Å². The van der Waals surface area contributed by atoms with Gasteiger partial charge in [0.1, 0.15) is 0 Å². The van der Waals surface area contributed by atoms with Gasteiger partial charge in [-0.3, -0.25) is 14.2 Å². The number of rotatable bonds is 4. The van der Waals surface area contributed by atoms with Crippen molar-refractivity contribution < 1.29 is 9.90 Å². The molecule has 0 bridgehead atoms. The van der Waals surface area contributed by atoms with E-state index in [1.54, 1.807) is 12.1 Å². The average Bonchev–Trinajstić information content (AvgIpc) is 2.65. The lowest BCUT2D eigenvalue weighted by atomic mass is 9.97. The summed E-state index contributed by atoms with van der Waals surface area (Å²) in [6.07, 6.45) is 3.30. The van der Waals surface area contributed by atoms with Gasteiger partial charge in [-0.25, -0.2) is 4.98 Å². The second kappa shape index (κ2) is 8.66. The van der Waals surface area contributed by atoms with Crippen LogP contribution in [-0.2, 0) is 11.3 Å². The Kier molecular flexibility index (Phi) is 6.27. The number of aromatic nitrogens is 2. The number of carbonyl (C=O) groups is 1. The zero-order chi connectivity index (χ0) is 19.4. The Morgan fingerprint density at radius 2 is 2.30 bits per heavy atom. The first-order valence-corrected chi connectivity index (χ1v) is 9.48. The number of hydrogen-bond donors (Lipinski definition) is 2. The first kappa shape index (κ1) is 19.6. The lowest BCUT2D eigenvalue weighted by Crippen LogP contribution is -2.46. The highest BCUT2D eigenvalue weighted by Crippen LogP contribution is 2.20. The molecule has 0 radical (unpaired) electrons. The van der Waals surface area contributed by atoms with Crippen LogP contribution in [-0.4, -0.2) is 39.1 Å². The van der Waals surface area contributed by atoms with Crippen molar-refractivity contribution in [3.8, 4) is 11.8 Å². The minimum atomic E-state index is -0.532. The van der Waals surface area contributed by atoms with Gasteiger partial charge in [-0.15, -0.1) is 0 Å². The fourth-order valence-electron chi connectivity index (χ4n) is 3.21. The summed E-state index contributed by atoms with van der Waals surface area (Å²) in [5.74, 6) is 5.77. The summed E-state index contributed by atoms with van der Waals surface area (Å²) in [6, 6.07) is 2.99. The lowest BCUT2D eigenvalue weighted by molar-refractivity contribution is -0.121. The second-order valence-corrected chi connectivity index (χ2v) is 7.10. The Balaban J connectivity index is 1.82. The fourth-order valence-corrected chi connectivity index (χ4v) is 3.43. The Morgan fingerprint density at radius 1 is 1.48 bits per heavy atom. The normalized spacial score (nSPS) is 19.5. The Hall–Kier alpha value is -2.20. The van der Waals surface area contributed by atoms with Crippen molar-refractivity contribution >= 4 is 28.3 Å². The Labute approximate surface area is 162 Å². The highest BCUT2D eigenvalue weighted by molar-refractivity contribution is 6.32. The van der Waals surface area contributed by atoms with Crippen molar-refractivity contribution in [1.29, 1.82) is 0 Å². The number of nitrogens with zero attached hydrogens (tertiary/aromatic N) is 2. The van der Waals surface area contributed by atoms with Gasteiger partial charge in [-0.1, -0.05) is 30.4 Å². The molecule has 1 saturated heterocycles. The Bertz CT molecular complexity index is 974. The molecular weight excluding hydrogens is 366 g/mol. The van der Waals surface area contributed by atoms with Crippen molar-refractivity contribution in [3.05, 3.63) is 39.4 Å². The topological polar surface area (TPSA) is 84.2 Å². The van der Waals surface area contributed by atoms with Crippen LogP contribution in [0.1, 0.15) is 38.2 Å². The van der Waals surface area contributed by atoms with E-state index in [1.165, 1.54) is 10.9 Å². The molecule has 1 aliphatic heterocycles. The molecular formula is C20H22ClN3O3. The van der Waals surface area contributed by atoms with E-state index in [2.05, 4.69) is 22.1 Å². The smallest absolute Gasteiger partial charge is 0.261 e. The summed E-state index contributed by atoms with van der Waals surface area (Å²) in [7, 11) is 0. The summed E-state index contributed by atoms with van der Waals surface area (Å²) < 4.78 is 1.29. The number of aliphatic hydroxyl groups is 1. The number of nitrogens with one attached hydrogen (secondary N) is 1. The zero-order valence-electron chi connectivity index (χ0n) is 15.2. The van der Waals surface area contributed by atoms with Crippen LogP contribution < -0.4 is 10.9 Å². The molecule has 27 heavy (non-hydrogen) atoms. The second-order valence-electron chi connectivity index (χ2n) is 6.70. The zero-order valence-corrected chi connectivity index (χ0v) is 15.9. The third-order valence-corrected chi connectivity index (χ3v) is 4.97. The molecule has 0 saturated carbocycles. The van der Waals surface area contributed by atoms with Crippen LogP contribution in [0.4, 0.5) is 0 Å². The molecule has 7 heteroatoms. The number of hydrogen-bond acceptors (Lipinski definition) is 5. The molecule has 2 heterocycles. The summed E-state index contributed by atoms with van der Waals surface area (Å²) in [5.41, 5.74) is 0.810. The standard InChI is InChI=1S/C20H22ClN3O3/c1-2-3-5-13-8-17-15(10-16(13)21)20(27)24(12-23-17)11-14(25)9-18-19(26)6-4-7-22-18/h8,10,12,18-19,22,26H,2,4,6-7,9,11H2,1H3. The van der Waals surface area contributed by atoms with Gasteiger partial charge in [-0.2, -0.15) is 0 Å². The van der Waals surface area contributed by atoms with Crippen molar-refractivity contribution in [2.24, 2.45) is 0 Å². The number of Topliss-reactive ketones (excluding diaryl/α,β-unsaturated/α-hetero) is 1. The van der Waals surface area contributed by atoms with Gasteiger partial charge in [0.25, 0.3) is 5.56 Å². The summed E-state index contributed by atoms with van der Waals surface area (Å²) >= 11 is 6.23. The molecule has 2 N–H and O–H groups in total. The Morgan fingerprint density at radius 3 is 3.04 bits per heavy atom. The van der Waals surface area contributed by atoms with Gasteiger partial charge in [0.2, 0.25) is 0 Å². The highest BCUT2D eigenvalue weighted by atomic mass is 35.5. The molecule has 1 aromatic carbocycles. The van der Waals surface area contributed by atoms with E-state index in [9.17, 15) is 14.7 Å². The molecule has 0 spiro atoms. The monoisotopic (exact) mass is 387 g/mol. The SMILES string of the molecule is CCC#Cc1cc2ncn(CC(=O)CC3NCCCC3O)c(=O)c2cc1Cl. The molecule has 2 aromatic rings. The van der Waals surface area contributed by atoms with Crippen molar-refractivity contribution in [2.75, 3.05) is 6.54 Å². The van der Waals surface area contributed by atoms with Crippen LogP contribution in [0.5, 0.6) is 0 Å². The number of carbonyl (C=O) groups excluding carboxylic acids is 1. The molecule has 6 nitrogen and oxygen atoms in total. The van der Waals surface area contributed by atoms with Gasteiger partial charge in [0.15, 0.2) is 5.78 Å². The molecule has 0 aliphatic carbocycles. The van der Waals surface area contributed by atoms with Gasteiger partial charge >= 0.3 is 0 Å². The fraction of sp³-hybridized carbons (Fsp3) is 0.450. The quantitative estimate of drug-likeness (QED) is 0.782. The number of fused-ring (bicyclic) bond motifs is 1. The number of piperidine rings is 1. The lowest BCUT2D eigenvalue weighted by Gasteiger charge is -2.28. The van der Waals surface area contributed by atoms with E-state index in [-0.39, 0.29) is 30.3 Å². The van der Waals surface area contributed by atoms with Gasteiger partial charge in [0.05, 0.1) is 34.9 Å². The minimum absolute atomic E-state index is 0.0817. The maximum Gasteiger partial charge on any atom is 0.261 e. The van der Waals surface area contributed by atoms with E-state index in [1.807, 2.05) is 6.92 Å². The highest BCUT2D eigenvalue weighted by Gasteiger charge is 2.25. The van der Waals surface area contributed by atoms with Gasteiger partial charge in [0, 0.05) is 24.4 Å². The van der Waals surface area contributed by atoms with E-state index >= 15 is 0 Å². The first-order valence-electron chi connectivity index (χ1n) is 9.10. The summed E-state index contributed by atoms with van der Waals surface area (Å²) in [6.45, 7) is 2.65. The number of ketones is 1. The van der Waals surface area contributed by atoms with Crippen molar-refractivity contribution in [1.82, 2.24) is 14.9 Å². The van der Waals surface area contributed by atoms with Crippen molar-refractivity contribution in [2.45, 2.75) is 51.3 Å². The summed E-state index contributed by atoms with van der Waals surface area (Å²) in [5, 5.41) is 13.9. The first-order chi connectivity index (χ1) is 13.0. The maximum absolute atomic E-state index is 12.7. The van der Waals surface area contributed by atoms with Crippen LogP contribution in [0, 0.1) is 11.8 Å². The molecule has 1 aliphatic rings. The third kappa shape index (κ3) is 4.56. The number of aliphatic hydroxyl groups excluding tert-OH is 1. The van der Waals surface area contributed by atoms with Crippen LogP contribution in [0.2, 0.25) is 5.02 Å². The molecule has 142 valence electrons. The third-order valence-electron chi connectivity index (χ3n) is 4.65. The average molecular weight is 388 g/mol. The van der Waals surface area contributed by atoms with Gasteiger partial charge in [-0.05, 0) is 31.5 Å². The number of benzene rings is 1. The molecule has 0 amide bonds. The largest absolute Gasteiger partial charge is 0.391 e. The molecule has 1 fully saturated rings.